The molecule has 11 heteroatoms. The van der Waals surface area contributed by atoms with Crippen LogP contribution in [0.1, 0.15) is 55.0 Å². The molecule has 0 aliphatic carbocycles. The first-order valence-corrected chi connectivity index (χ1v) is 15.7. The maximum Gasteiger partial charge on any atom is 0.292 e. The fourth-order valence-electron chi connectivity index (χ4n) is 6.57. The van der Waals surface area contributed by atoms with Crippen LogP contribution < -0.4 is 9.47 Å². The summed E-state index contributed by atoms with van der Waals surface area (Å²) in [5.41, 5.74) is 4.94. The van der Waals surface area contributed by atoms with Gasteiger partial charge in [0.15, 0.2) is 17.3 Å². The predicted molar refractivity (Wildman–Crippen MR) is 166 cm³/mol. The average Bonchev–Trinajstić information content (AvgIpc) is 3.69. The molecule has 2 aromatic carbocycles. The van der Waals surface area contributed by atoms with Crippen LogP contribution in [0.5, 0.6) is 11.5 Å². The molecule has 0 saturated carbocycles. The van der Waals surface area contributed by atoms with Crippen molar-refractivity contribution in [3.63, 3.8) is 0 Å². The zero-order valence-electron chi connectivity index (χ0n) is 24.8. The van der Waals surface area contributed by atoms with Crippen molar-refractivity contribution in [3.8, 4) is 22.9 Å². The van der Waals surface area contributed by atoms with Gasteiger partial charge in [-0.1, -0.05) is 23.7 Å². The second kappa shape index (κ2) is 10.9. The minimum atomic E-state index is -0.987. The first-order valence-electron chi connectivity index (χ1n) is 15.3. The number of hydrogen-bond acceptors (Lipinski definition) is 8. The van der Waals surface area contributed by atoms with Crippen molar-refractivity contribution in [1.82, 2.24) is 34.6 Å². The number of aryl methyl sites for hydroxylation is 1. The number of benzene rings is 2. The molecule has 2 unspecified atom stereocenters. The van der Waals surface area contributed by atoms with E-state index in [9.17, 15) is 0 Å². The number of halogens is 1. The first kappa shape index (κ1) is 27.6. The molecule has 0 radical (unpaired) electrons. The van der Waals surface area contributed by atoms with Gasteiger partial charge >= 0.3 is 0 Å². The molecule has 8 rings (SSSR count). The Morgan fingerprint density at radius 2 is 1.91 bits per heavy atom. The molecule has 2 atom stereocenters. The highest BCUT2D eigenvalue weighted by Gasteiger charge is 2.42. The van der Waals surface area contributed by atoms with Crippen LogP contribution in [-0.2, 0) is 23.6 Å². The van der Waals surface area contributed by atoms with E-state index in [2.05, 4.69) is 60.0 Å². The van der Waals surface area contributed by atoms with Crippen molar-refractivity contribution < 1.29 is 14.2 Å². The fourth-order valence-corrected chi connectivity index (χ4v) is 6.68. The number of H-pyrrole nitrogens is 1. The molecule has 1 N–H and O–H groups in total. The summed E-state index contributed by atoms with van der Waals surface area (Å²) in [6, 6.07) is 16.2. The number of nitrogens with zero attached hydrogens (tertiary/aromatic N) is 6. The SMILES string of the molecule is Cc1nc(-c2ccc3c(c2)nc(CN2CCC(c4cccc5c4OC(C)(c4ccc(Cl)cn4)O5)CC2)n3CC2CCO2)n[nH]1. The number of fused-ring (bicyclic) bond motifs is 2. The summed E-state index contributed by atoms with van der Waals surface area (Å²) < 4.78 is 21.0. The number of piperidine rings is 1. The second-order valence-electron chi connectivity index (χ2n) is 12.1. The zero-order chi connectivity index (χ0) is 29.8. The summed E-state index contributed by atoms with van der Waals surface area (Å²) in [6.45, 7) is 8.19. The molecule has 3 aromatic heterocycles. The number of para-hydroxylation sites is 1. The number of aromatic amines is 1. The number of nitrogens with one attached hydrogen (secondary N) is 1. The lowest BCUT2D eigenvalue weighted by atomic mass is 9.88. The van der Waals surface area contributed by atoms with E-state index in [4.69, 9.17) is 30.8 Å². The van der Waals surface area contributed by atoms with Crippen LogP contribution in [0.3, 0.4) is 0 Å². The van der Waals surface area contributed by atoms with E-state index in [0.29, 0.717) is 22.5 Å². The van der Waals surface area contributed by atoms with Crippen molar-refractivity contribution in [3.05, 3.63) is 82.7 Å². The van der Waals surface area contributed by atoms with E-state index in [0.717, 1.165) is 91.8 Å². The fraction of sp³-hybridized carbons (Fsp3) is 0.394. The Bertz CT molecular complexity index is 1830. The van der Waals surface area contributed by atoms with Crippen LogP contribution in [0, 0.1) is 6.92 Å². The molecule has 0 amide bonds. The number of rotatable bonds is 7. The Morgan fingerprint density at radius 3 is 2.64 bits per heavy atom. The average molecular weight is 612 g/mol. The Kier molecular flexibility index (Phi) is 6.81. The first-order chi connectivity index (χ1) is 21.4. The summed E-state index contributed by atoms with van der Waals surface area (Å²) >= 11 is 6.07. The van der Waals surface area contributed by atoms with Crippen molar-refractivity contribution in [1.29, 1.82) is 0 Å². The number of imidazole rings is 1. The molecule has 2 saturated heterocycles. The molecule has 5 aromatic rings. The molecule has 3 aliphatic heterocycles. The molecular formula is C33H34ClN7O3. The number of aromatic nitrogens is 6. The second-order valence-corrected chi connectivity index (χ2v) is 12.5. The van der Waals surface area contributed by atoms with E-state index in [1.54, 1.807) is 6.20 Å². The largest absolute Gasteiger partial charge is 0.443 e. The maximum absolute atomic E-state index is 6.50. The minimum absolute atomic E-state index is 0.239. The van der Waals surface area contributed by atoms with Gasteiger partial charge < -0.3 is 18.8 Å². The zero-order valence-corrected chi connectivity index (χ0v) is 25.5. The molecular weight excluding hydrogens is 578 g/mol. The normalized spacial score (nSPS) is 22.0. The van der Waals surface area contributed by atoms with Gasteiger partial charge in [-0.2, -0.15) is 5.10 Å². The smallest absolute Gasteiger partial charge is 0.292 e. The third-order valence-corrected chi connectivity index (χ3v) is 9.28. The third kappa shape index (κ3) is 5.00. The van der Waals surface area contributed by atoms with Crippen LogP contribution in [-0.4, -0.2) is 60.4 Å². The van der Waals surface area contributed by atoms with Gasteiger partial charge in [0, 0.05) is 30.9 Å². The Balaban J connectivity index is 0.997. The molecule has 2 fully saturated rings. The lowest BCUT2D eigenvalue weighted by Crippen LogP contribution is -2.35. The van der Waals surface area contributed by atoms with Crippen molar-refractivity contribution >= 4 is 22.6 Å². The summed E-state index contributed by atoms with van der Waals surface area (Å²) in [7, 11) is 0. The Labute approximate surface area is 260 Å². The minimum Gasteiger partial charge on any atom is -0.443 e. The van der Waals surface area contributed by atoms with Crippen LogP contribution in [0.25, 0.3) is 22.4 Å². The Hall–Kier alpha value is -3.99. The van der Waals surface area contributed by atoms with Gasteiger partial charge in [0.25, 0.3) is 5.79 Å². The molecule has 0 spiro atoms. The molecule has 0 bridgehead atoms. The molecule has 44 heavy (non-hydrogen) atoms. The number of likely N-dealkylation sites (tertiary alicyclic amines) is 1. The summed E-state index contributed by atoms with van der Waals surface area (Å²) in [6.07, 6.45) is 4.99. The van der Waals surface area contributed by atoms with E-state index in [-0.39, 0.29) is 6.10 Å². The van der Waals surface area contributed by atoms with Crippen molar-refractivity contribution in [2.75, 3.05) is 19.7 Å². The highest BCUT2D eigenvalue weighted by Crippen LogP contribution is 2.49. The van der Waals surface area contributed by atoms with Gasteiger partial charge in [-0.05, 0) is 81.6 Å². The molecule has 6 heterocycles. The van der Waals surface area contributed by atoms with E-state index >= 15 is 0 Å². The van der Waals surface area contributed by atoms with Crippen LogP contribution >= 0.6 is 11.6 Å². The quantitative estimate of drug-likeness (QED) is 0.239. The summed E-state index contributed by atoms with van der Waals surface area (Å²) in [5.74, 6) is 3.53. The van der Waals surface area contributed by atoms with Gasteiger partial charge in [0.1, 0.15) is 17.3 Å². The van der Waals surface area contributed by atoms with Crippen LogP contribution in [0.2, 0.25) is 5.02 Å². The van der Waals surface area contributed by atoms with Crippen molar-refractivity contribution in [2.24, 2.45) is 0 Å². The van der Waals surface area contributed by atoms with Gasteiger partial charge in [-0.15, -0.1) is 0 Å². The van der Waals surface area contributed by atoms with Gasteiger partial charge in [0.05, 0.1) is 35.2 Å². The number of hydrogen-bond donors (Lipinski definition) is 1. The van der Waals surface area contributed by atoms with Crippen LogP contribution in [0.4, 0.5) is 0 Å². The van der Waals surface area contributed by atoms with Crippen molar-refractivity contribution in [2.45, 2.75) is 64.0 Å². The molecule has 3 aliphatic rings. The standard InChI is InChI=1S/C33H34ClN7O3/c1-20-36-32(39-38-20)22-6-8-27-26(16-22)37-30(41(27)18-24-12-15-42-24)19-40-13-10-21(11-14-40)25-4-3-5-28-31(25)44-33(2,43-28)29-9-7-23(34)17-35-29/h3-9,16-17,21,24H,10-15,18-19H2,1-2H3,(H,36,38,39). The van der Waals surface area contributed by atoms with Gasteiger partial charge in [0.2, 0.25) is 0 Å². The predicted octanol–water partition coefficient (Wildman–Crippen LogP) is 5.99. The number of pyridine rings is 1. The topological polar surface area (TPSA) is 103 Å². The highest BCUT2D eigenvalue weighted by atomic mass is 35.5. The maximum atomic E-state index is 6.50. The summed E-state index contributed by atoms with van der Waals surface area (Å²) in [5, 5.41) is 7.86. The van der Waals surface area contributed by atoms with E-state index in [1.165, 1.54) is 5.56 Å². The van der Waals surface area contributed by atoms with Gasteiger partial charge in [-0.25, -0.2) is 9.97 Å². The highest BCUT2D eigenvalue weighted by molar-refractivity contribution is 6.30. The number of ether oxygens (including phenoxy) is 3. The summed E-state index contributed by atoms with van der Waals surface area (Å²) in [4.78, 5) is 16.6. The van der Waals surface area contributed by atoms with Crippen LogP contribution in [0.15, 0.2) is 54.7 Å². The van der Waals surface area contributed by atoms with E-state index in [1.807, 2.05) is 32.0 Å². The third-order valence-electron chi connectivity index (χ3n) is 9.06. The lowest BCUT2D eigenvalue weighted by molar-refractivity contribution is -0.0722. The molecule has 226 valence electrons. The van der Waals surface area contributed by atoms with Gasteiger partial charge in [-0.3, -0.25) is 15.0 Å². The Morgan fingerprint density at radius 1 is 1.05 bits per heavy atom. The van der Waals surface area contributed by atoms with E-state index < -0.39 is 5.79 Å². The lowest BCUT2D eigenvalue weighted by Gasteiger charge is -2.33. The monoisotopic (exact) mass is 611 g/mol. The molecule has 10 nitrogen and oxygen atoms in total.